The van der Waals surface area contributed by atoms with Crippen molar-refractivity contribution in [2.45, 2.75) is 71.3 Å². The number of aromatic hydroxyl groups is 1. The predicted octanol–water partition coefficient (Wildman–Crippen LogP) is 6.17. The molecular weight excluding hydrogens is 426 g/mol. The van der Waals surface area contributed by atoms with E-state index in [0.29, 0.717) is 18.7 Å². The minimum absolute atomic E-state index is 0.0673. The molecule has 0 unspecified atom stereocenters. The fourth-order valence-corrected chi connectivity index (χ4v) is 4.84. The molecule has 4 rings (SSSR count). The Labute approximate surface area is 202 Å². The third-order valence-corrected chi connectivity index (χ3v) is 7.26. The first-order chi connectivity index (χ1) is 16.0. The topological polar surface area (TPSA) is 71.7 Å². The lowest BCUT2D eigenvalue weighted by Crippen LogP contribution is -2.34. The zero-order chi connectivity index (χ0) is 24.7. The maximum Gasteiger partial charge on any atom is 0.287 e. The van der Waals surface area contributed by atoms with Crippen LogP contribution in [0.2, 0.25) is 0 Å². The molecule has 2 N–H and O–H groups in total. The highest BCUT2D eigenvalue weighted by Gasteiger charge is 2.37. The highest BCUT2D eigenvalue weighted by atomic mass is 16.5. The summed E-state index contributed by atoms with van der Waals surface area (Å²) in [6, 6.07) is 13.3. The molecule has 1 aliphatic rings. The van der Waals surface area contributed by atoms with Crippen LogP contribution in [0, 0.1) is 6.92 Å². The lowest BCUT2D eigenvalue weighted by molar-refractivity contribution is 0.0921. The van der Waals surface area contributed by atoms with Crippen LogP contribution in [-0.4, -0.2) is 18.1 Å². The fourth-order valence-electron chi connectivity index (χ4n) is 4.84. The van der Waals surface area contributed by atoms with Crippen molar-refractivity contribution in [3.63, 3.8) is 0 Å². The number of phenolic OH excluding ortho intramolecular Hbond substituents is 1. The summed E-state index contributed by atoms with van der Waals surface area (Å²) >= 11 is 0. The average molecular weight is 462 g/mol. The molecule has 0 saturated heterocycles. The second-order valence-corrected chi connectivity index (χ2v) is 10.7. The first-order valence-corrected chi connectivity index (χ1v) is 11.9. The number of amides is 1. The van der Waals surface area contributed by atoms with E-state index in [0.717, 1.165) is 11.3 Å². The molecule has 2 aromatic carbocycles. The van der Waals surface area contributed by atoms with Crippen molar-refractivity contribution >= 4 is 5.91 Å². The van der Waals surface area contributed by atoms with E-state index in [9.17, 15) is 9.90 Å². The summed E-state index contributed by atoms with van der Waals surface area (Å²) in [5.41, 5.74) is 6.54. The Morgan fingerprint density at radius 1 is 1.03 bits per heavy atom. The van der Waals surface area contributed by atoms with Gasteiger partial charge in [-0.05, 0) is 82.7 Å². The van der Waals surface area contributed by atoms with Crippen molar-refractivity contribution in [2.24, 2.45) is 0 Å². The molecule has 1 amide bonds. The molecule has 0 aliphatic heterocycles. The van der Waals surface area contributed by atoms with Crippen LogP contribution >= 0.6 is 0 Å². The van der Waals surface area contributed by atoms with Crippen molar-refractivity contribution in [1.29, 1.82) is 0 Å². The summed E-state index contributed by atoms with van der Waals surface area (Å²) < 4.78 is 11.0. The minimum Gasteiger partial charge on any atom is -0.504 e. The maximum absolute atomic E-state index is 12.6. The maximum atomic E-state index is 12.6. The zero-order valence-electron chi connectivity index (χ0n) is 21.0. The molecule has 0 atom stereocenters. The second kappa shape index (κ2) is 8.86. The quantitative estimate of drug-likeness (QED) is 0.460. The van der Waals surface area contributed by atoms with E-state index in [2.05, 4.69) is 52.1 Å². The van der Waals surface area contributed by atoms with Gasteiger partial charge < -0.3 is 19.6 Å². The summed E-state index contributed by atoms with van der Waals surface area (Å²) in [6.45, 7) is 11.8. The van der Waals surface area contributed by atoms with Crippen molar-refractivity contribution in [1.82, 2.24) is 5.32 Å². The SMILES string of the molecule is COc1cc(CNC(=O)c2ccc(Cc3cc4c(cc3C)C(C)(C)CCC4(C)C)o2)ccc1O. The number of rotatable bonds is 6. The number of ether oxygens (including phenoxy) is 1. The summed E-state index contributed by atoms with van der Waals surface area (Å²) in [6.07, 6.45) is 3.02. The minimum atomic E-state index is -0.275. The number of benzene rings is 2. The Kier molecular flexibility index (Phi) is 6.24. The van der Waals surface area contributed by atoms with Gasteiger partial charge in [0, 0.05) is 13.0 Å². The van der Waals surface area contributed by atoms with E-state index in [1.54, 1.807) is 24.3 Å². The molecule has 5 nitrogen and oxygen atoms in total. The molecule has 34 heavy (non-hydrogen) atoms. The molecule has 0 radical (unpaired) electrons. The standard InChI is InChI=1S/C29H35NO4/c1-18-13-22-23(29(4,5)12-11-28(22,2)3)16-20(18)15-21-8-10-25(34-21)27(32)30-17-19-7-9-24(31)26(14-19)33-6/h7-10,13-14,16,31H,11-12,15,17H2,1-6H3,(H,30,32). The third-order valence-electron chi connectivity index (χ3n) is 7.26. The molecule has 0 fully saturated rings. The van der Waals surface area contributed by atoms with E-state index < -0.39 is 0 Å². The number of methoxy groups -OCH3 is 1. The average Bonchev–Trinajstić information content (AvgIpc) is 3.26. The van der Waals surface area contributed by atoms with Crippen LogP contribution in [0.25, 0.3) is 0 Å². The van der Waals surface area contributed by atoms with Crippen LogP contribution in [0.5, 0.6) is 11.5 Å². The number of nitrogens with one attached hydrogen (secondary N) is 1. The Bertz CT molecular complexity index is 1220. The lowest BCUT2D eigenvalue weighted by Gasteiger charge is -2.42. The third kappa shape index (κ3) is 4.70. The molecular formula is C29H35NO4. The van der Waals surface area contributed by atoms with Crippen molar-refractivity contribution < 1.29 is 19.1 Å². The molecule has 1 aromatic heterocycles. The van der Waals surface area contributed by atoms with Crippen LogP contribution in [0.1, 0.15) is 84.7 Å². The molecule has 5 heteroatoms. The van der Waals surface area contributed by atoms with Gasteiger partial charge >= 0.3 is 0 Å². The first kappa shape index (κ1) is 23.9. The highest BCUT2D eigenvalue weighted by Crippen LogP contribution is 2.46. The van der Waals surface area contributed by atoms with Crippen molar-refractivity contribution in [3.05, 3.63) is 81.8 Å². The van der Waals surface area contributed by atoms with E-state index in [-0.39, 0.29) is 28.2 Å². The highest BCUT2D eigenvalue weighted by molar-refractivity contribution is 5.91. The molecule has 1 heterocycles. The number of carbonyl (C=O) groups excluding carboxylic acids is 1. The Hall–Kier alpha value is -3.21. The summed E-state index contributed by atoms with van der Waals surface area (Å²) in [7, 11) is 1.49. The smallest absolute Gasteiger partial charge is 0.287 e. The van der Waals surface area contributed by atoms with Gasteiger partial charge in [0.15, 0.2) is 17.3 Å². The number of aryl methyl sites for hydroxylation is 1. The van der Waals surface area contributed by atoms with E-state index in [1.807, 2.05) is 6.07 Å². The molecule has 0 bridgehead atoms. The normalized spacial score (nSPS) is 16.1. The zero-order valence-corrected chi connectivity index (χ0v) is 21.0. The molecule has 3 aromatic rings. The summed E-state index contributed by atoms with van der Waals surface area (Å²) in [4.78, 5) is 12.6. The Morgan fingerprint density at radius 2 is 1.71 bits per heavy atom. The van der Waals surface area contributed by atoms with Gasteiger partial charge in [-0.3, -0.25) is 4.79 Å². The molecule has 1 aliphatic carbocycles. The monoisotopic (exact) mass is 461 g/mol. The van der Waals surface area contributed by atoms with Crippen LogP contribution in [0.4, 0.5) is 0 Å². The predicted molar refractivity (Wildman–Crippen MR) is 134 cm³/mol. The summed E-state index contributed by atoms with van der Waals surface area (Å²) in [5.74, 6) is 1.23. The van der Waals surface area contributed by atoms with Gasteiger partial charge in [0.2, 0.25) is 0 Å². The van der Waals surface area contributed by atoms with Crippen LogP contribution < -0.4 is 10.1 Å². The first-order valence-electron chi connectivity index (χ1n) is 11.9. The molecule has 0 spiro atoms. The van der Waals surface area contributed by atoms with Gasteiger partial charge in [0.25, 0.3) is 5.91 Å². The van der Waals surface area contributed by atoms with E-state index >= 15 is 0 Å². The van der Waals surface area contributed by atoms with Crippen molar-refractivity contribution in [3.8, 4) is 11.5 Å². The van der Waals surface area contributed by atoms with E-state index in [1.165, 1.54) is 42.2 Å². The summed E-state index contributed by atoms with van der Waals surface area (Å²) in [5, 5.41) is 12.6. The largest absolute Gasteiger partial charge is 0.504 e. The fraction of sp³-hybridized carbons (Fsp3) is 0.414. The number of carbonyl (C=O) groups is 1. The Balaban J connectivity index is 1.48. The van der Waals surface area contributed by atoms with Crippen molar-refractivity contribution in [2.75, 3.05) is 7.11 Å². The van der Waals surface area contributed by atoms with Crippen LogP contribution in [0.15, 0.2) is 46.9 Å². The number of phenols is 1. The van der Waals surface area contributed by atoms with Gasteiger partial charge in [-0.1, -0.05) is 45.9 Å². The van der Waals surface area contributed by atoms with Gasteiger partial charge in [-0.2, -0.15) is 0 Å². The van der Waals surface area contributed by atoms with Gasteiger partial charge in [0.1, 0.15) is 5.76 Å². The number of hydrogen-bond donors (Lipinski definition) is 2. The van der Waals surface area contributed by atoms with Crippen LogP contribution in [-0.2, 0) is 23.8 Å². The number of hydrogen-bond acceptors (Lipinski definition) is 4. The lowest BCUT2D eigenvalue weighted by atomic mass is 9.62. The van der Waals surface area contributed by atoms with Gasteiger partial charge in [-0.25, -0.2) is 0 Å². The number of furan rings is 1. The number of fused-ring (bicyclic) bond motifs is 1. The van der Waals surface area contributed by atoms with Gasteiger partial charge in [0.05, 0.1) is 7.11 Å². The molecule has 180 valence electrons. The van der Waals surface area contributed by atoms with Gasteiger partial charge in [-0.15, -0.1) is 0 Å². The second-order valence-electron chi connectivity index (χ2n) is 10.7. The Morgan fingerprint density at radius 3 is 2.38 bits per heavy atom. The van der Waals surface area contributed by atoms with Crippen LogP contribution in [0.3, 0.4) is 0 Å². The molecule has 0 saturated carbocycles. The van der Waals surface area contributed by atoms with E-state index in [4.69, 9.17) is 9.15 Å².